The Labute approximate surface area is 159 Å². The molecule has 0 fully saturated rings. The van der Waals surface area contributed by atoms with Crippen molar-refractivity contribution in [3.63, 3.8) is 0 Å². The maximum atomic E-state index is 12.5. The topological polar surface area (TPSA) is 82.0 Å². The van der Waals surface area contributed by atoms with Crippen molar-refractivity contribution < 1.29 is 27.8 Å². The lowest BCUT2D eigenvalue weighted by molar-refractivity contribution is -0.142. The molecule has 0 atom stereocenters. The third-order valence-electron chi connectivity index (χ3n) is 3.13. The first-order chi connectivity index (χ1) is 13.0. The van der Waals surface area contributed by atoms with Crippen molar-refractivity contribution in [2.75, 3.05) is 25.7 Å². The maximum absolute atomic E-state index is 12.5. The molecule has 1 aromatic carbocycles. The van der Waals surface area contributed by atoms with Crippen LogP contribution >= 0.6 is 11.3 Å². The average molecular weight is 399 g/mol. The van der Waals surface area contributed by atoms with Crippen LogP contribution in [0.3, 0.4) is 0 Å². The van der Waals surface area contributed by atoms with Crippen molar-refractivity contribution in [3.8, 4) is 11.5 Å². The van der Waals surface area contributed by atoms with Crippen LogP contribution in [0.1, 0.15) is 18.2 Å². The van der Waals surface area contributed by atoms with E-state index in [-0.39, 0.29) is 18.1 Å². The number of nitrogens with one attached hydrogen (secondary N) is 1. The Kier molecular flexibility index (Phi) is 7.93. The van der Waals surface area contributed by atoms with E-state index in [2.05, 4.69) is 15.5 Å². The first-order valence-corrected chi connectivity index (χ1v) is 8.88. The third kappa shape index (κ3) is 6.48. The summed E-state index contributed by atoms with van der Waals surface area (Å²) in [5.41, 5.74) is 3.76. The van der Waals surface area contributed by atoms with E-state index in [0.29, 0.717) is 28.7 Å². The minimum absolute atomic E-state index is 0.0806. The number of thiazole rings is 1. The van der Waals surface area contributed by atoms with Crippen molar-refractivity contribution in [1.29, 1.82) is 0 Å². The van der Waals surface area contributed by atoms with Crippen molar-refractivity contribution in [2.24, 2.45) is 5.10 Å². The number of aromatic nitrogens is 1. The molecule has 0 spiro atoms. The van der Waals surface area contributed by atoms with Crippen LogP contribution in [0, 0.1) is 0 Å². The molecule has 0 saturated heterocycles. The molecule has 1 heterocycles. The van der Waals surface area contributed by atoms with E-state index in [1.54, 1.807) is 30.5 Å². The number of ether oxygens (including phenoxy) is 3. The third-order valence-corrected chi connectivity index (χ3v) is 3.93. The van der Waals surface area contributed by atoms with Crippen molar-refractivity contribution in [3.05, 3.63) is 34.8 Å². The fourth-order valence-electron chi connectivity index (χ4n) is 2.05. The van der Waals surface area contributed by atoms with Crippen LogP contribution in [-0.4, -0.2) is 43.9 Å². The molecule has 0 radical (unpaired) electrons. The largest absolute Gasteiger partial charge is 0.493 e. The molecule has 0 aliphatic rings. The molecule has 0 aliphatic carbocycles. The number of anilines is 1. The Bertz CT molecular complexity index is 783. The Morgan fingerprint density at radius 1 is 1.44 bits per heavy atom. The zero-order valence-corrected chi connectivity index (χ0v) is 15.6. The summed E-state index contributed by atoms with van der Waals surface area (Å²) in [5, 5.41) is 6.23. The molecule has 1 aromatic heterocycles. The zero-order chi connectivity index (χ0) is 19.6. The van der Waals surface area contributed by atoms with Crippen LogP contribution in [0.5, 0.6) is 11.5 Å². The van der Waals surface area contributed by atoms with Gasteiger partial charge in [-0.1, -0.05) is 6.07 Å². The highest BCUT2D eigenvalue weighted by Gasteiger charge is 2.12. The number of methoxy groups -OCH3 is 1. The van der Waals surface area contributed by atoms with Gasteiger partial charge in [-0.2, -0.15) is 5.10 Å². The number of nitrogens with zero attached hydrogens (tertiary/aromatic N) is 2. The van der Waals surface area contributed by atoms with Gasteiger partial charge in [0.25, 0.3) is 6.43 Å². The molecule has 0 amide bonds. The number of halogens is 2. The summed E-state index contributed by atoms with van der Waals surface area (Å²) in [5.74, 6) is 0.147. The number of benzene rings is 1. The summed E-state index contributed by atoms with van der Waals surface area (Å²) in [4.78, 5) is 15.7. The molecule has 27 heavy (non-hydrogen) atoms. The van der Waals surface area contributed by atoms with Gasteiger partial charge in [0.05, 0.1) is 32.0 Å². The lowest BCUT2D eigenvalue weighted by atomic mass is 10.2. The van der Waals surface area contributed by atoms with Crippen molar-refractivity contribution >= 4 is 28.7 Å². The molecule has 0 unspecified atom stereocenters. The van der Waals surface area contributed by atoms with E-state index in [1.807, 2.05) is 0 Å². The second kappa shape index (κ2) is 10.4. The monoisotopic (exact) mass is 399 g/mol. The molecular formula is C17H19F2N3O4S. The molecule has 0 bridgehead atoms. The summed E-state index contributed by atoms with van der Waals surface area (Å²) >= 11 is 1.27. The predicted octanol–water partition coefficient (Wildman–Crippen LogP) is 3.35. The standard InChI is InChI=1S/C17H19F2N3O4S/c1-3-25-15(23)7-12-10-27-17(21-12)22-20-8-11-5-4-6-13(24-2)16(11)26-9-14(18)19/h4-6,8,10,14H,3,7,9H2,1-2H3,(H,21,22). The summed E-state index contributed by atoms with van der Waals surface area (Å²) in [6.07, 6.45) is -1.11. The van der Waals surface area contributed by atoms with E-state index in [0.717, 1.165) is 0 Å². The highest BCUT2D eigenvalue weighted by atomic mass is 32.1. The second-order valence-corrected chi connectivity index (χ2v) is 5.93. The highest BCUT2D eigenvalue weighted by molar-refractivity contribution is 7.13. The number of hydrazone groups is 1. The summed E-state index contributed by atoms with van der Waals surface area (Å²) < 4.78 is 40.0. The first kappa shape index (κ1) is 20.6. The number of carbonyl (C=O) groups is 1. The normalized spacial score (nSPS) is 11.0. The predicted molar refractivity (Wildman–Crippen MR) is 98.2 cm³/mol. The highest BCUT2D eigenvalue weighted by Crippen LogP contribution is 2.30. The Morgan fingerprint density at radius 3 is 2.96 bits per heavy atom. The van der Waals surface area contributed by atoms with Gasteiger partial charge in [-0.15, -0.1) is 11.3 Å². The quantitative estimate of drug-likeness (QED) is 0.375. The molecule has 2 rings (SSSR count). The van der Waals surface area contributed by atoms with Gasteiger partial charge in [0.1, 0.15) is 6.61 Å². The number of alkyl halides is 2. The van der Waals surface area contributed by atoms with Gasteiger partial charge in [0.15, 0.2) is 11.5 Å². The maximum Gasteiger partial charge on any atom is 0.311 e. The number of hydrogen-bond acceptors (Lipinski definition) is 8. The molecular weight excluding hydrogens is 380 g/mol. The molecule has 10 heteroatoms. The number of esters is 1. The summed E-state index contributed by atoms with van der Waals surface area (Å²) in [6.45, 7) is 1.30. The van der Waals surface area contributed by atoms with Gasteiger partial charge < -0.3 is 14.2 Å². The van der Waals surface area contributed by atoms with E-state index in [4.69, 9.17) is 14.2 Å². The Balaban J connectivity index is 2.03. The van der Waals surface area contributed by atoms with Gasteiger partial charge in [0.2, 0.25) is 5.13 Å². The Hall–Kier alpha value is -2.75. The average Bonchev–Trinajstić information content (AvgIpc) is 3.07. The van der Waals surface area contributed by atoms with E-state index >= 15 is 0 Å². The van der Waals surface area contributed by atoms with Crippen LogP contribution in [0.15, 0.2) is 28.7 Å². The fourth-order valence-corrected chi connectivity index (χ4v) is 2.71. The lowest BCUT2D eigenvalue weighted by Crippen LogP contribution is -2.09. The van der Waals surface area contributed by atoms with Crippen molar-refractivity contribution in [1.82, 2.24) is 4.98 Å². The summed E-state index contributed by atoms with van der Waals surface area (Å²) in [6, 6.07) is 4.95. The van der Waals surface area contributed by atoms with Crippen LogP contribution < -0.4 is 14.9 Å². The lowest BCUT2D eigenvalue weighted by Gasteiger charge is -2.12. The first-order valence-electron chi connectivity index (χ1n) is 8.00. The van der Waals surface area contributed by atoms with E-state index in [9.17, 15) is 13.6 Å². The second-order valence-electron chi connectivity index (χ2n) is 5.08. The van der Waals surface area contributed by atoms with Gasteiger partial charge in [-0.3, -0.25) is 10.2 Å². The van der Waals surface area contributed by atoms with Crippen molar-refractivity contribution in [2.45, 2.75) is 19.8 Å². The molecule has 7 nitrogen and oxygen atoms in total. The van der Waals surface area contributed by atoms with Gasteiger partial charge in [-0.25, -0.2) is 13.8 Å². The van der Waals surface area contributed by atoms with Crippen LogP contribution in [0.2, 0.25) is 0 Å². The van der Waals surface area contributed by atoms with Gasteiger partial charge in [0, 0.05) is 10.9 Å². The van der Waals surface area contributed by atoms with E-state index < -0.39 is 13.0 Å². The number of para-hydroxylation sites is 1. The molecule has 2 aromatic rings. The molecule has 0 saturated carbocycles. The van der Waals surface area contributed by atoms with Gasteiger partial charge >= 0.3 is 5.97 Å². The van der Waals surface area contributed by atoms with E-state index in [1.165, 1.54) is 24.7 Å². The molecule has 146 valence electrons. The van der Waals surface area contributed by atoms with Crippen LogP contribution in [0.4, 0.5) is 13.9 Å². The molecule has 0 aliphatic heterocycles. The zero-order valence-electron chi connectivity index (χ0n) is 14.8. The minimum Gasteiger partial charge on any atom is -0.493 e. The smallest absolute Gasteiger partial charge is 0.311 e. The number of carbonyl (C=O) groups excluding carboxylic acids is 1. The number of hydrogen-bond donors (Lipinski definition) is 1. The van der Waals surface area contributed by atoms with Crippen LogP contribution in [-0.2, 0) is 16.0 Å². The van der Waals surface area contributed by atoms with Crippen LogP contribution in [0.25, 0.3) is 0 Å². The number of rotatable bonds is 10. The summed E-state index contributed by atoms with van der Waals surface area (Å²) in [7, 11) is 1.42. The fraction of sp³-hybridized carbons (Fsp3) is 0.353. The Morgan fingerprint density at radius 2 is 2.26 bits per heavy atom. The SMILES string of the molecule is CCOC(=O)Cc1csc(NN=Cc2cccc(OC)c2OCC(F)F)n1. The van der Waals surface area contributed by atoms with Gasteiger partial charge in [-0.05, 0) is 19.1 Å². The molecule has 1 N–H and O–H groups in total. The minimum atomic E-state index is -2.61.